The molecule has 5 N–H and O–H groups in total. The van der Waals surface area contributed by atoms with Gasteiger partial charge >= 0.3 is 0 Å². The Labute approximate surface area is 83.6 Å². The summed E-state index contributed by atoms with van der Waals surface area (Å²) >= 11 is 0. The quantitative estimate of drug-likeness (QED) is 0.668. The zero-order chi connectivity index (χ0) is 11.8. The number of primary sulfonamides is 1. The molecule has 9 heteroatoms. The molecule has 84 valence electrons. The van der Waals surface area contributed by atoms with Gasteiger partial charge in [-0.15, -0.1) is 0 Å². The second-order valence-electron chi connectivity index (χ2n) is 2.63. The number of alkyl halides is 2. The Kier molecular flexibility index (Phi) is 2.77. The number of hydrogen-bond acceptors (Lipinski definition) is 5. The number of nitrogens with two attached hydrogens (primary N) is 2. The Hall–Kier alpha value is -1.48. The Bertz CT molecular complexity index is 489. The van der Waals surface area contributed by atoms with Crippen molar-refractivity contribution in [3.63, 3.8) is 0 Å². The highest BCUT2D eigenvalue weighted by molar-refractivity contribution is 7.89. The summed E-state index contributed by atoms with van der Waals surface area (Å²) in [5.41, 5.74) is 4.08. The van der Waals surface area contributed by atoms with Crippen molar-refractivity contribution in [3.8, 4) is 5.75 Å². The summed E-state index contributed by atoms with van der Waals surface area (Å²) in [6.07, 6.45) is -3.13. The molecule has 6 nitrogen and oxygen atoms in total. The zero-order valence-electron chi connectivity index (χ0n) is 7.18. The summed E-state index contributed by atoms with van der Waals surface area (Å²) in [4.78, 5) is 3.10. The van der Waals surface area contributed by atoms with Crippen LogP contribution in [0.4, 0.5) is 14.6 Å². The molecule has 15 heavy (non-hydrogen) atoms. The van der Waals surface area contributed by atoms with Gasteiger partial charge in [0.15, 0.2) is 16.6 Å². The molecule has 0 saturated heterocycles. The van der Waals surface area contributed by atoms with E-state index in [0.717, 1.165) is 0 Å². The minimum absolute atomic E-state index is 0.521. The maximum atomic E-state index is 12.4. The number of nitrogens with zero attached hydrogens (tertiary/aromatic N) is 1. The lowest BCUT2D eigenvalue weighted by Crippen LogP contribution is -2.17. The number of aromatic nitrogens is 1. The standard InChI is InChI=1S/C6H7F2N3O3S/c7-4(8)2-1-3(12)5(9)11-6(2)15(10,13)14/h1,4,12H,(H2,9,11)(H2,10,13,14). The van der Waals surface area contributed by atoms with Gasteiger partial charge in [-0.25, -0.2) is 27.3 Å². The maximum Gasteiger partial charge on any atom is 0.266 e. The van der Waals surface area contributed by atoms with Crippen LogP contribution in [0.2, 0.25) is 0 Å². The minimum Gasteiger partial charge on any atom is -0.504 e. The second kappa shape index (κ2) is 3.59. The van der Waals surface area contributed by atoms with Crippen LogP contribution in [-0.4, -0.2) is 18.5 Å². The third-order valence-electron chi connectivity index (χ3n) is 1.53. The van der Waals surface area contributed by atoms with E-state index in [9.17, 15) is 17.2 Å². The van der Waals surface area contributed by atoms with Crippen molar-refractivity contribution in [2.24, 2.45) is 5.14 Å². The van der Waals surface area contributed by atoms with E-state index in [0.29, 0.717) is 6.07 Å². The van der Waals surface area contributed by atoms with Crippen LogP contribution in [0.5, 0.6) is 5.75 Å². The number of sulfonamides is 1. The van der Waals surface area contributed by atoms with Gasteiger partial charge in [-0.05, 0) is 6.07 Å². The highest BCUT2D eigenvalue weighted by Gasteiger charge is 2.24. The van der Waals surface area contributed by atoms with Gasteiger partial charge < -0.3 is 10.8 Å². The zero-order valence-corrected chi connectivity index (χ0v) is 8.00. The summed E-state index contributed by atoms with van der Waals surface area (Å²) in [6, 6.07) is 0.521. The molecule has 0 unspecified atom stereocenters. The van der Waals surface area contributed by atoms with Gasteiger partial charge in [0.05, 0.1) is 5.56 Å². The number of hydrogen-bond donors (Lipinski definition) is 3. The van der Waals surface area contributed by atoms with Crippen molar-refractivity contribution in [2.45, 2.75) is 11.5 Å². The molecular formula is C6H7F2N3O3S. The molecule has 0 fully saturated rings. The summed E-state index contributed by atoms with van der Waals surface area (Å²) in [7, 11) is -4.40. The predicted octanol–water partition coefficient (Wildman–Crippen LogP) is -0.0456. The van der Waals surface area contributed by atoms with E-state index < -0.39 is 38.6 Å². The van der Waals surface area contributed by atoms with E-state index in [4.69, 9.17) is 10.8 Å². The van der Waals surface area contributed by atoms with Gasteiger partial charge in [0.25, 0.3) is 16.4 Å². The molecule has 0 aliphatic carbocycles. The van der Waals surface area contributed by atoms with Crippen molar-refractivity contribution in [1.29, 1.82) is 0 Å². The molecule has 0 spiro atoms. The maximum absolute atomic E-state index is 12.4. The topological polar surface area (TPSA) is 119 Å². The van der Waals surface area contributed by atoms with E-state index in [1.165, 1.54) is 0 Å². The van der Waals surface area contributed by atoms with Crippen LogP contribution in [0.1, 0.15) is 12.0 Å². The number of nitrogen functional groups attached to an aromatic ring is 1. The monoisotopic (exact) mass is 239 g/mol. The average Bonchev–Trinajstić information content (AvgIpc) is 2.06. The number of anilines is 1. The molecular weight excluding hydrogens is 232 g/mol. The summed E-state index contributed by atoms with van der Waals surface area (Å²) in [5, 5.41) is 12.6. The fourth-order valence-corrected chi connectivity index (χ4v) is 1.60. The first kappa shape index (κ1) is 11.6. The molecule has 0 bridgehead atoms. The minimum atomic E-state index is -4.40. The lowest BCUT2D eigenvalue weighted by Gasteiger charge is -2.07. The van der Waals surface area contributed by atoms with E-state index in [1.54, 1.807) is 0 Å². The van der Waals surface area contributed by atoms with Crippen molar-refractivity contribution < 1.29 is 22.3 Å². The first-order chi connectivity index (χ1) is 6.73. The van der Waals surface area contributed by atoms with E-state index in [1.807, 2.05) is 0 Å². The summed E-state index contributed by atoms with van der Waals surface area (Å²) in [5.74, 6) is -1.30. The van der Waals surface area contributed by atoms with E-state index in [-0.39, 0.29) is 0 Å². The molecule has 0 aliphatic heterocycles. The molecule has 1 aromatic heterocycles. The van der Waals surface area contributed by atoms with Gasteiger partial charge in [0.2, 0.25) is 0 Å². The van der Waals surface area contributed by atoms with Crippen LogP contribution in [0.25, 0.3) is 0 Å². The van der Waals surface area contributed by atoms with Crippen molar-refractivity contribution in [3.05, 3.63) is 11.6 Å². The molecule has 0 radical (unpaired) electrons. The van der Waals surface area contributed by atoms with Crippen LogP contribution in [0, 0.1) is 0 Å². The van der Waals surface area contributed by atoms with Crippen LogP contribution in [-0.2, 0) is 10.0 Å². The number of rotatable bonds is 2. The van der Waals surface area contributed by atoms with Crippen LogP contribution in [0.3, 0.4) is 0 Å². The van der Waals surface area contributed by atoms with Gasteiger partial charge in [-0.3, -0.25) is 0 Å². The fraction of sp³-hybridized carbons (Fsp3) is 0.167. The van der Waals surface area contributed by atoms with Gasteiger partial charge in [-0.1, -0.05) is 0 Å². The fourth-order valence-electron chi connectivity index (χ4n) is 0.898. The smallest absolute Gasteiger partial charge is 0.266 e. The first-order valence-electron chi connectivity index (χ1n) is 3.54. The third kappa shape index (κ3) is 2.30. The molecule has 1 aromatic rings. The van der Waals surface area contributed by atoms with E-state index in [2.05, 4.69) is 10.1 Å². The van der Waals surface area contributed by atoms with Crippen LogP contribution in [0.15, 0.2) is 11.1 Å². The molecule has 0 saturated carbocycles. The summed E-state index contributed by atoms with van der Waals surface area (Å²) < 4.78 is 46.4. The first-order valence-corrected chi connectivity index (χ1v) is 5.08. The second-order valence-corrected chi connectivity index (χ2v) is 4.11. The Morgan fingerprint density at radius 3 is 2.40 bits per heavy atom. The SMILES string of the molecule is Nc1nc(S(N)(=O)=O)c(C(F)F)cc1O. The van der Waals surface area contributed by atoms with Crippen molar-refractivity contribution in [2.75, 3.05) is 5.73 Å². The Morgan fingerprint density at radius 1 is 1.47 bits per heavy atom. The lowest BCUT2D eigenvalue weighted by molar-refractivity contribution is 0.146. The predicted molar refractivity (Wildman–Crippen MR) is 46.6 cm³/mol. The number of aromatic hydroxyl groups is 1. The van der Waals surface area contributed by atoms with Crippen LogP contribution < -0.4 is 10.9 Å². The van der Waals surface area contributed by atoms with E-state index >= 15 is 0 Å². The molecule has 1 rings (SSSR count). The van der Waals surface area contributed by atoms with Gasteiger partial charge in [0, 0.05) is 0 Å². The van der Waals surface area contributed by atoms with Crippen LogP contribution >= 0.6 is 0 Å². The summed E-state index contributed by atoms with van der Waals surface area (Å²) in [6.45, 7) is 0. The van der Waals surface area contributed by atoms with Gasteiger partial charge in [0.1, 0.15) is 0 Å². The Balaban J connectivity index is 3.56. The van der Waals surface area contributed by atoms with Gasteiger partial charge in [-0.2, -0.15) is 0 Å². The number of pyridine rings is 1. The Morgan fingerprint density at radius 2 is 2.00 bits per heavy atom. The highest BCUT2D eigenvalue weighted by atomic mass is 32.2. The molecule has 0 aromatic carbocycles. The largest absolute Gasteiger partial charge is 0.504 e. The molecule has 0 amide bonds. The average molecular weight is 239 g/mol. The van der Waals surface area contributed by atoms with Crippen molar-refractivity contribution >= 4 is 15.8 Å². The number of halogens is 2. The molecule has 0 atom stereocenters. The lowest BCUT2D eigenvalue weighted by atomic mass is 10.3. The van der Waals surface area contributed by atoms with Crippen molar-refractivity contribution in [1.82, 2.24) is 4.98 Å². The normalized spacial score (nSPS) is 12.0. The molecule has 1 heterocycles. The molecule has 0 aliphatic rings. The highest BCUT2D eigenvalue weighted by Crippen LogP contribution is 2.30. The third-order valence-corrected chi connectivity index (χ3v) is 2.39.